The van der Waals surface area contributed by atoms with Crippen LogP contribution in [0.2, 0.25) is 0 Å². The van der Waals surface area contributed by atoms with Gasteiger partial charge in [-0.3, -0.25) is 4.79 Å². The van der Waals surface area contributed by atoms with Crippen LogP contribution in [0.15, 0.2) is 64.4 Å². The van der Waals surface area contributed by atoms with E-state index >= 15 is 0 Å². The average Bonchev–Trinajstić information content (AvgIpc) is 3.01. The number of nitrogens with one attached hydrogen (secondary N) is 1. The van der Waals surface area contributed by atoms with Crippen LogP contribution >= 0.6 is 11.8 Å². The first-order chi connectivity index (χ1) is 11.2. The molecule has 1 aliphatic carbocycles. The van der Waals surface area contributed by atoms with Crippen LogP contribution in [-0.4, -0.2) is 23.2 Å². The highest BCUT2D eigenvalue weighted by Gasteiger charge is 2.31. The molecule has 0 radical (unpaired) electrons. The van der Waals surface area contributed by atoms with Crippen molar-refractivity contribution in [2.45, 2.75) is 41.1 Å². The molecule has 23 heavy (non-hydrogen) atoms. The van der Waals surface area contributed by atoms with Gasteiger partial charge in [0, 0.05) is 16.3 Å². The van der Waals surface area contributed by atoms with Crippen molar-refractivity contribution >= 4 is 17.7 Å². The van der Waals surface area contributed by atoms with Crippen molar-refractivity contribution < 1.29 is 9.90 Å². The molecule has 0 bridgehead atoms. The van der Waals surface area contributed by atoms with E-state index in [1.54, 1.807) is 11.8 Å². The number of carbonyl (C=O) groups is 1. The predicted octanol–water partition coefficient (Wildman–Crippen LogP) is 3.87. The topological polar surface area (TPSA) is 49.3 Å². The second-order valence-corrected chi connectivity index (χ2v) is 7.14. The van der Waals surface area contributed by atoms with Crippen molar-refractivity contribution in [2.24, 2.45) is 0 Å². The quantitative estimate of drug-likeness (QED) is 0.876. The van der Waals surface area contributed by atoms with Gasteiger partial charge in [-0.15, -0.1) is 0 Å². The predicted molar refractivity (Wildman–Crippen MR) is 92.8 cm³/mol. The molecule has 2 aromatic carbocycles. The van der Waals surface area contributed by atoms with Gasteiger partial charge >= 0.3 is 0 Å². The maximum Gasteiger partial charge on any atom is 0.252 e. The highest BCUT2D eigenvalue weighted by Crippen LogP contribution is 2.31. The van der Waals surface area contributed by atoms with Crippen LogP contribution in [0.3, 0.4) is 0 Å². The van der Waals surface area contributed by atoms with E-state index in [9.17, 15) is 9.90 Å². The largest absolute Gasteiger partial charge is 0.388 e. The van der Waals surface area contributed by atoms with Crippen molar-refractivity contribution in [3.8, 4) is 0 Å². The number of carbonyl (C=O) groups excluding carboxylic acids is 1. The van der Waals surface area contributed by atoms with E-state index in [-0.39, 0.29) is 5.91 Å². The Bertz CT molecular complexity index is 666. The lowest BCUT2D eigenvalue weighted by molar-refractivity contribution is 0.0449. The number of benzene rings is 2. The summed E-state index contributed by atoms with van der Waals surface area (Å²) in [7, 11) is 0. The van der Waals surface area contributed by atoms with Gasteiger partial charge in [0.2, 0.25) is 0 Å². The van der Waals surface area contributed by atoms with E-state index in [2.05, 4.69) is 5.32 Å². The minimum Gasteiger partial charge on any atom is -0.388 e. The van der Waals surface area contributed by atoms with Gasteiger partial charge in [0.15, 0.2) is 0 Å². The van der Waals surface area contributed by atoms with E-state index in [4.69, 9.17) is 0 Å². The first kappa shape index (κ1) is 16.1. The molecule has 1 fully saturated rings. The summed E-state index contributed by atoms with van der Waals surface area (Å²) in [6, 6.07) is 17.6. The summed E-state index contributed by atoms with van der Waals surface area (Å²) in [5, 5.41) is 13.3. The van der Waals surface area contributed by atoms with Gasteiger partial charge in [-0.25, -0.2) is 0 Å². The van der Waals surface area contributed by atoms with Gasteiger partial charge in [0.1, 0.15) is 0 Å². The summed E-state index contributed by atoms with van der Waals surface area (Å²) in [5.74, 6) is -0.121. The SMILES string of the molecule is O=C(NCC1(O)CCCC1)c1ccccc1Sc1ccccc1. The normalized spacial score (nSPS) is 16.2. The van der Waals surface area contributed by atoms with E-state index in [0.717, 1.165) is 35.5 Å². The zero-order valence-electron chi connectivity index (χ0n) is 13.0. The maximum absolute atomic E-state index is 12.5. The summed E-state index contributed by atoms with van der Waals surface area (Å²) in [5.41, 5.74) is -0.0695. The maximum atomic E-state index is 12.5. The third-order valence-corrected chi connectivity index (χ3v) is 5.30. The summed E-state index contributed by atoms with van der Waals surface area (Å²) in [4.78, 5) is 14.5. The summed E-state index contributed by atoms with van der Waals surface area (Å²) >= 11 is 1.58. The van der Waals surface area contributed by atoms with E-state index in [1.165, 1.54) is 0 Å². The van der Waals surface area contributed by atoms with Gasteiger partial charge in [0.25, 0.3) is 5.91 Å². The van der Waals surface area contributed by atoms with E-state index < -0.39 is 5.60 Å². The molecule has 1 amide bonds. The van der Waals surface area contributed by atoms with Crippen molar-refractivity contribution in [3.05, 3.63) is 60.2 Å². The molecule has 1 saturated carbocycles. The molecule has 4 heteroatoms. The smallest absolute Gasteiger partial charge is 0.252 e. The fourth-order valence-corrected chi connectivity index (χ4v) is 3.87. The lowest BCUT2D eigenvalue weighted by Gasteiger charge is -2.22. The number of hydrogen-bond donors (Lipinski definition) is 2. The summed E-state index contributed by atoms with van der Waals surface area (Å²) in [6.45, 7) is 0.330. The monoisotopic (exact) mass is 327 g/mol. The molecular formula is C19H21NO2S. The molecule has 0 aliphatic heterocycles. The molecule has 0 spiro atoms. The minimum absolute atomic E-state index is 0.121. The van der Waals surface area contributed by atoms with Crippen molar-refractivity contribution in [2.75, 3.05) is 6.54 Å². The van der Waals surface area contributed by atoms with Crippen LogP contribution < -0.4 is 5.32 Å². The van der Waals surface area contributed by atoms with Gasteiger partial charge in [0.05, 0.1) is 11.2 Å². The molecule has 120 valence electrons. The first-order valence-electron chi connectivity index (χ1n) is 7.99. The highest BCUT2D eigenvalue weighted by molar-refractivity contribution is 7.99. The minimum atomic E-state index is -0.725. The first-order valence-corrected chi connectivity index (χ1v) is 8.80. The lowest BCUT2D eigenvalue weighted by Crippen LogP contribution is -2.40. The standard InChI is InChI=1S/C19H21NO2S/c21-18(20-14-19(22)12-6-7-13-19)16-10-4-5-11-17(16)23-15-8-2-1-3-9-15/h1-5,8-11,22H,6-7,12-14H2,(H,20,21). The number of aliphatic hydroxyl groups is 1. The van der Waals surface area contributed by atoms with Crippen molar-refractivity contribution in [1.82, 2.24) is 5.32 Å². The molecule has 0 unspecified atom stereocenters. The van der Waals surface area contributed by atoms with Crippen LogP contribution in [0.1, 0.15) is 36.0 Å². The number of rotatable bonds is 5. The van der Waals surface area contributed by atoms with Gasteiger partial charge < -0.3 is 10.4 Å². The molecule has 2 aromatic rings. The third-order valence-electron chi connectivity index (χ3n) is 4.21. The number of hydrogen-bond acceptors (Lipinski definition) is 3. The van der Waals surface area contributed by atoms with Gasteiger partial charge in [-0.2, -0.15) is 0 Å². The molecule has 3 rings (SSSR count). The zero-order valence-corrected chi connectivity index (χ0v) is 13.8. The summed E-state index contributed by atoms with van der Waals surface area (Å²) in [6.07, 6.45) is 3.61. The highest BCUT2D eigenvalue weighted by atomic mass is 32.2. The Hall–Kier alpha value is -1.78. The van der Waals surface area contributed by atoms with Crippen LogP contribution in [0.5, 0.6) is 0 Å². The lowest BCUT2D eigenvalue weighted by atomic mass is 10.0. The van der Waals surface area contributed by atoms with Crippen molar-refractivity contribution in [1.29, 1.82) is 0 Å². The van der Waals surface area contributed by atoms with Crippen LogP contribution in [0.25, 0.3) is 0 Å². The molecule has 3 nitrogen and oxygen atoms in total. The van der Waals surface area contributed by atoms with E-state index in [1.807, 2.05) is 54.6 Å². The number of amides is 1. The van der Waals surface area contributed by atoms with E-state index in [0.29, 0.717) is 12.1 Å². The molecule has 0 aromatic heterocycles. The average molecular weight is 327 g/mol. The Morgan fingerprint density at radius 2 is 1.70 bits per heavy atom. The summed E-state index contributed by atoms with van der Waals surface area (Å²) < 4.78 is 0. The Morgan fingerprint density at radius 1 is 1.04 bits per heavy atom. The Kier molecular flexibility index (Phi) is 5.03. The molecule has 1 aliphatic rings. The third kappa shape index (κ3) is 4.15. The van der Waals surface area contributed by atoms with Crippen LogP contribution in [0, 0.1) is 0 Å². The molecule has 0 saturated heterocycles. The molecular weight excluding hydrogens is 306 g/mol. The van der Waals surface area contributed by atoms with Crippen LogP contribution in [-0.2, 0) is 0 Å². The van der Waals surface area contributed by atoms with Gasteiger partial charge in [-0.1, -0.05) is 54.9 Å². The second-order valence-electron chi connectivity index (χ2n) is 6.03. The molecule has 2 N–H and O–H groups in total. The fourth-order valence-electron chi connectivity index (χ4n) is 2.91. The fraction of sp³-hybridized carbons (Fsp3) is 0.316. The molecule has 0 heterocycles. The Balaban J connectivity index is 1.70. The van der Waals surface area contributed by atoms with Crippen molar-refractivity contribution in [3.63, 3.8) is 0 Å². The second kappa shape index (κ2) is 7.20. The Morgan fingerprint density at radius 3 is 2.43 bits per heavy atom. The molecule has 0 atom stereocenters. The Labute approximate surface area is 141 Å². The van der Waals surface area contributed by atoms with Crippen LogP contribution in [0.4, 0.5) is 0 Å². The van der Waals surface area contributed by atoms with Gasteiger partial charge in [-0.05, 0) is 37.1 Å². The zero-order chi connectivity index (χ0) is 16.1.